The van der Waals surface area contributed by atoms with E-state index in [1.165, 1.54) is 17.9 Å². The number of nitrogens with one attached hydrogen (secondary N) is 1. The van der Waals surface area contributed by atoms with Crippen LogP contribution in [0.25, 0.3) is 10.8 Å². The summed E-state index contributed by atoms with van der Waals surface area (Å²) < 4.78 is 0. The van der Waals surface area contributed by atoms with Crippen LogP contribution in [0.4, 0.5) is 5.82 Å². The van der Waals surface area contributed by atoms with Crippen LogP contribution in [-0.2, 0) is 0 Å². The summed E-state index contributed by atoms with van der Waals surface area (Å²) >= 11 is 1.97. The molecule has 4 nitrogen and oxygen atoms in total. The molecule has 1 saturated heterocycles. The van der Waals surface area contributed by atoms with Gasteiger partial charge in [-0.25, -0.2) is 9.78 Å². The number of hydrogen-bond acceptors (Lipinski definition) is 4. The maximum absolute atomic E-state index is 11.2. The molecule has 0 aliphatic carbocycles. The Balaban J connectivity index is 1.92. The van der Waals surface area contributed by atoms with Crippen LogP contribution in [0.3, 0.4) is 0 Å². The van der Waals surface area contributed by atoms with Gasteiger partial charge in [-0.1, -0.05) is 24.3 Å². The maximum atomic E-state index is 11.2. The van der Waals surface area contributed by atoms with Crippen molar-refractivity contribution in [3.05, 3.63) is 36.0 Å². The van der Waals surface area contributed by atoms with E-state index >= 15 is 0 Å². The third-order valence-electron chi connectivity index (χ3n) is 3.54. The van der Waals surface area contributed by atoms with E-state index in [9.17, 15) is 4.79 Å². The lowest BCUT2D eigenvalue weighted by Gasteiger charge is -2.13. The van der Waals surface area contributed by atoms with Gasteiger partial charge in [0.1, 0.15) is 5.82 Å². The molecule has 104 valence electrons. The molecule has 1 aliphatic rings. The first-order chi connectivity index (χ1) is 9.74. The van der Waals surface area contributed by atoms with E-state index in [-0.39, 0.29) is 5.69 Å². The highest BCUT2D eigenvalue weighted by molar-refractivity contribution is 7.99. The summed E-state index contributed by atoms with van der Waals surface area (Å²) in [4.78, 5) is 15.4. The number of benzene rings is 1. The minimum atomic E-state index is -0.991. The van der Waals surface area contributed by atoms with Crippen LogP contribution in [0.2, 0.25) is 0 Å². The number of carbonyl (C=O) groups is 1. The van der Waals surface area contributed by atoms with Gasteiger partial charge in [0.15, 0.2) is 5.69 Å². The molecule has 1 atom stereocenters. The SMILES string of the molecule is O=C(O)c1cc2ccccc2c(NCC2CCSC2)n1. The van der Waals surface area contributed by atoms with Gasteiger partial charge in [0.05, 0.1) is 0 Å². The minimum Gasteiger partial charge on any atom is -0.477 e. The van der Waals surface area contributed by atoms with Gasteiger partial charge in [0, 0.05) is 11.9 Å². The summed E-state index contributed by atoms with van der Waals surface area (Å²) in [5.41, 5.74) is 0.0898. The van der Waals surface area contributed by atoms with E-state index in [1.807, 2.05) is 36.0 Å². The van der Waals surface area contributed by atoms with Crippen molar-refractivity contribution in [3.8, 4) is 0 Å². The molecule has 0 amide bonds. The Labute approximate surface area is 121 Å². The van der Waals surface area contributed by atoms with Crippen molar-refractivity contribution in [2.75, 3.05) is 23.4 Å². The number of aromatic carboxylic acids is 1. The van der Waals surface area contributed by atoms with E-state index < -0.39 is 5.97 Å². The van der Waals surface area contributed by atoms with Crippen molar-refractivity contribution in [3.63, 3.8) is 0 Å². The lowest BCUT2D eigenvalue weighted by Crippen LogP contribution is -2.15. The van der Waals surface area contributed by atoms with Crippen molar-refractivity contribution >= 4 is 34.3 Å². The predicted octanol–water partition coefficient (Wildman–Crippen LogP) is 3.10. The number of anilines is 1. The van der Waals surface area contributed by atoms with Crippen LogP contribution in [0.15, 0.2) is 30.3 Å². The Morgan fingerprint density at radius 2 is 2.30 bits per heavy atom. The van der Waals surface area contributed by atoms with Gasteiger partial charge in [0.2, 0.25) is 0 Å². The van der Waals surface area contributed by atoms with Crippen LogP contribution in [0.5, 0.6) is 0 Å². The van der Waals surface area contributed by atoms with Crippen molar-refractivity contribution in [1.29, 1.82) is 0 Å². The summed E-state index contributed by atoms with van der Waals surface area (Å²) in [6.45, 7) is 0.854. The molecule has 2 aromatic rings. The van der Waals surface area contributed by atoms with E-state index in [4.69, 9.17) is 5.11 Å². The number of fused-ring (bicyclic) bond motifs is 1. The molecular weight excluding hydrogens is 272 g/mol. The molecule has 3 rings (SSSR count). The van der Waals surface area contributed by atoms with Crippen molar-refractivity contribution in [2.24, 2.45) is 5.92 Å². The van der Waals surface area contributed by atoms with Gasteiger partial charge in [-0.05, 0) is 35.3 Å². The Kier molecular flexibility index (Phi) is 3.78. The zero-order valence-corrected chi connectivity index (χ0v) is 11.8. The van der Waals surface area contributed by atoms with Gasteiger partial charge >= 0.3 is 5.97 Å². The van der Waals surface area contributed by atoms with E-state index in [1.54, 1.807) is 6.07 Å². The molecule has 0 saturated carbocycles. The van der Waals surface area contributed by atoms with E-state index in [2.05, 4.69) is 10.3 Å². The fourth-order valence-electron chi connectivity index (χ4n) is 2.43. The molecule has 0 spiro atoms. The Hall–Kier alpha value is -1.75. The molecule has 1 aromatic carbocycles. The number of thioether (sulfide) groups is 1. The molecule has 0 radical (unpaired) electrons. The Morgan fingerprint density at radius 3 is 3.05 bits per heavy atom. The largest absolute Gasteiger partial charge is 0.477 e. The Morgan fingerprint density at radius 1 is 1.45 bits per heavy atom. The lowest BCUT2D eigenvalue weighted by atomic mass is 10.1. The fourth-order valence-corrected chi connectivity index (χ4v) is 3.71. The van der Waals surface area contributed by atoms with Crippen molar-refractivity contribution in [1.82, 2.24) is 4.98 Å². The molecular formula is C15H16N2O2S. The van der Waals surface area contributed by atoms with Gasteiger partial charge in [-0.3, -0.25) is 0 Å². The van der Waals surface area contributed by atoms with Gasteiger partial charge in [-0.15, -0.1) is 0 Å². The second kappa shape index (κ2) is 5.71. The first kappa shape index (κ1) is 13.2. The lowest BCUT2D eigenvalue weighted by molar-refractivity contribution is 0.0691. The molecule has 2 N–H and O–H groups in total. The number of aromatic nitrogens is 1. The smallest absolute Gasteiger partial charge is 0.354 e. The van der Waals surface area contributed by atoms with Crippen LogP contribution in [-0.4, -0.2) is 34.1 Å². The first-order valence-corrected chi connectivity index (χ1v) is 7.84. The second-order valence-corrected chi connectivity index (χ2v) is 6.14. The maximum Gasteiger partial charge on any atom is 0.354 e. The molecule has 1 aliphatic heterocycles. The van der Waals surface area contributed by atoms with E-state index in [0.29, 0.717) is 11.7 Å². The van der Waals surface area contributed by atoms with Gasteiger partial charge in [0.25, 0.3) is 0 Å². The number of rotatable bonds is 4. The van der Waals surface area contributed by atoms with Gasteiger partial charge < -0.3 is 10.4 Å². The summed E-state index contributed by atoms with van der Waals surface area (Å²) in [5, 5.41) is 14.4. The standard InChI is InChI=1S/C15H16N2O2S/c18-15(19)13-7-11-3-1-2-4-12(11)14(17-13)16-8-10-5-6-20-9-10/h1-4,7,10H,5-6,8-9H2,(H,16,17)(H,18,19). The third-order valence-corrected chi connectivity index (χ3v) is 4.77. The van der Waals surface area contributed by atoms with Crippen LogP contribution < -0.4 is 5.32 Å². The molecule has 1 unspecified atom stereocenters. The number of carboxylic acids is 1. The molecule has 1 fully saturated rings. The van der Waals surface area contributed by atoms with Crippen molar-refractivity contribution < 1.29 is 9.90 Å². The highest BCUT2D eigenvalue weighted by atomic mass is 32.2. The van der Waals surface area contributed by atoms with Gasteiger partial charge in [-0.2, -0.15) is 11.8 Å². The quantitative estimate of drug-likeness (QED) is 0.905. The van der Waals surface area contributed by atoms with Crippen LogP contribution in [0, 0.1) is 5.92 Å². The third kappa shape index (κ3) is 2.72. The second-order valence-electron chi connectivity index (χ2n) is 4.99. The number of pyridine rings is 1. The van der Waals surface area contributed by atoms with Crippen LogP contribution >= 0.6 is 11.8 Å². The summed E-state index contributed by atoms with van der Waals surface area (Å²) in [6.07, 6.45) is 1.22. The minimum absolute atomic E-state index is 0.0898. The first-order valence-electron chi connectivity index (χ1n) is 6.69. The normalized spacial score (nSPS) is 18.3. The van der Waals surface area contributed by atoms with E-state index in [0.717, 1.165) is 17.3 Å². The molecule has 20 heavy (non-hydrogen) atoms. The highest BCUT2D eigenvalue weighted by Crippen LogP contribution is 2.26. The zero-order valence-electron chi connectivity index (χ0n) is 11.0. The summed E-state index contributed by atoms with van der Waals surface area (Å²) in [5.74, 6) is 2.72. The number of nitrogens with zero attached hydrogens (tertiary/aromatic N) is 1. The molecule has 5 heteroatoms. The monoisotopic (exact) mass is 288 g/mol. The molecule has 0 bridgehead atoms. The number of hydrogen-bond donors (Lipinski definition) is 2. The number of carboxylic acid groups (broad SMARTS) is 1. The topological polar surface area (TPSA) is 62.2 Å². The predicted molar refractivity (Wildman–Crippen MR) is 82.6 cm³/mol. The highest BCUT2D eigenvalue weighted by Gasteiger charge is 2.16. The molecule has 1 aromatic heterocycles. The summed E-state index contributed by atoms with van der Waals surface area (Å²) in [7, 11) is 0. The molecule has 2 heterocycles. The average molecular weight is 288 g/mol. The fraction of sp³-hybridized carbons (Fsp3) is 0.333. The van der Waals surface area contributed by atoms with Crippen LogP contribution in [0.1, 0.15) is 16.9 Å². The summed E-state index contributed by atoms with van der Waals surface area (Å²) in [6, 6.07) is 9.36. The zero-order chi connectivity index (χ0) is 13.9. The average Bonchev–Trinajstić information content (AvgIpc) is 2.97. The Bertz CT molecular complexity index is 639. The van der Waals surface area contributed by atoms with Crippen molar-refractivity contribution in [2.45, 2.75) is 6.42 Å².